The number of benzene rings is 1. The van der Waals surface area contributed by atoms with Crippen LogP contribution in [0.1, 0.15) is 12.0 Å². The fourth-order valence-corrected chi connectivity index (χ4v) is 2.01. The van der Waals surface area contributed by atoms with Crippen molar-refractivity contribution in [2.24, 2.45) is 5.92 Å². The SMILES string of the molecule is O[C@H]1CNC[C@H]1CCc1ccccc1. The molecule has 2 heteroatoms. The fourth-order valence-electron chi connectivity index (χ4n) is 2.01. The first kappa shape index (κ1) is 9.69. The Balaban J connectivity index is 1.82. The Morgan fingerprint density at radius 2 is 2.00 bits per heavy atom. The maximum Gasteiger partial charge on any atom is 0.0704 e. The summed E-state index contributed by atoms with van der Waals surface area (Å²) in [6.45, 7) is 1.73. The summed E-state index contributed by atoms with van der Waals surface area (Å²) in [5.74, 6) is 0.440. The third kappa shape index (κ3) is 2.34. The van der Waals surface area contributed by atoms with Gasteiger partial charge in [-0.05, 0) is 24.3 Å². The molecule has 1 saturated heterocycles. The van der Waals surface area contributed by atoms with E-state index < -0.39 is 0 Å². The Kier molecular flexibility index (Phi) is 3.17. The van der Waals surface area contributed by atoms with Crippen LogP contribution in [0.4, 0.5) is 0 Å². The largest absolute Gasteiger partial charge is 0.391 e. The van der Waals surface area contributed by atoms with E-state index in [0.717, 1.165) is 25.9 Å². The van der Waals surface area contributed by atoms with E-state index in [1.807, 2.05) is 6.07 Å². The molecule has 2 atom stereocenters. The van der Waals surface area contributed by atoms with Gasteiger partial charge >= 0.3 is 0 Å². The van der Waals surface area contributed by atoms with Gasteiger partial charge in [-0.15, -0.1) is 0 Å². The Labute approximate surface area is 85.0 Å². The van der Waals surface area contributed by atoms with Gasteiger partial charge in [-0.2, -0.15) is 0 Å². The van der Waals surface area contributed by atoms with Gasteiger partial charge in [-0.3, -0.25) is 0 Å². The van der Waals surface area contributed by atoms with E-state index in [-0.39, 0.29) is 6.10 Å². The highest BCUT2D eigenvalue weighted by atomic mass is 16.3. The highest BCUT2D eigenvalue weighted by molar-refractivity contribution is 5.14. The summed E-state index contributed by atoms with van der Waals surface area (Å²) in [6, 6.07) is 10.5. The Hall–Kier alpha value is -0.860. The van der Waals surface area contributed by atoms with Crippen molar-refractivity contribution in [2.45, 2.75) is 18.9 Å². The minimum Gasteiger partial charge on any atom is -0.391 e. The maximum absolute atomic E-state index is 9.60. The molecule has 76 valence electrons. The number of β-amino-alcohol motifs (C(OH)–C–C–N with tert-alkyl or cyclic N) is 1. The second kappa shape index (κ2) is 4.58. The van der Waals surface area contributed by atoms with E-state index in [1.165, 1.54) is 5.56 Å². The average Bonchev–Trinajstić information content (AvgIpc) is 2.63. The van der Waals surface area contributed by atoms with E-state index in [1.54, 1.807) is 0 Å². The van der Waals surface area contributed by atoms with Gasteiger partial charge in [0.05, 0.1) is 6.10 Å². The zero-order valence-corrected chi connectivity index (χ0v) is 8.32. The molecule has 2 N–H and O–H groups in total. The van der Waals surface area contributed by atoms with Crippen molar-refractivity contribution in [3.63, 3.8) is 0 Å². The first-order chi connectivity index (χ1) is 6.86. The van der Waals surface area contributed by atoms with Crippen molar-refractivity contribution in [3.8, 4) is 0 Å². The van der Waals surface area contributed by atoms with E-state index in [9.17, 15) is 5.11 Å². The van der Waals surface area contributed by atoms with Crippen LogP contribution in [0.2, 0.25) is 0 Å². The molecular formula is C12H17NO. The first-order valence-corrected chi connectivity index (χ1v) is 5.29. The van der Waals surface area contributed by atoms with Gasteiger partial charge in [-0.25, -0.2) is 0 Å². The minimum atomic E-state index is -0.140. The van der Waals surface area contributed by atoms with Crippen molar-refractivity contribution >= 4 is 0 Å². The molecule has 1 aromatic rings. The lowest BCUT2D eigenvalue weighted by Crippen LogP contribution is -2.18. The molecule has 1 aliphatic rings. The van der Waals surface area contributed by atoms with Crippen molar-refractivity contribution in [1.29, 1.82) is 0 Å². The van der Waals surface area contributed by atoms with Gasteiger partial charge < -0.3 is 10.4 Å². The van der Waals surface area contributed by atoms with E-state index in [0.29, 0.717) is 5.92 Å². The zero-order valence-electron chi connectivity index (χ0n) is 8.32. The Morgan fingerprint density at radius 1 is 1.21 bits per heavy atom. The normalized spacial score (nSPS) is 26.6. The zero-order chi connectivity index (χ0) is 9.80. The maximum atomic E-state index is 9.60. The van der Waals surface area contributed by atoms with Gasteiger partial charge in [0.2, 0.25) is 0 Å². The van der Waals surface area contributed by atoms with Crippen LogP contribution >= 0.6 is 0 Å². The molecule has 0 bridgehead atoms. The second-order valence-electron chi connectivity index (χ2n) is 4.01. The van der Waals surface area contributed by atoms with Crippen LogP contribution < -0.4 is 5.32 Å². The molecule has 2 nitrogen and oxygen atoms in total. The van der Waals surface area contributed by atoms with Crippen LogP contribution in [-0.2, 0) is 6.42 Å². The van der Waals surface area contributed by atoms with Crippen molar-refractivity contribution in [2.75, 3.05) is 13.1 Å². The lowest BCUT2D eigenvalue weighted by molar-refractivity contribution is 0.143. The molecule has 0 amide bonds. The summed E-state index contributed by atoms with van der Waals surface area (Å²) in [7, 11) is 0. The minimum absolute atomic E-state index is 0.140. The number of aliphatic hydroxyl groups excluding tert-OH is 1. The molecule has 1 heterocycles. The molecule has 0 unspecified atom stereocenters. The second-order valence-corrected chi connectivity index (χ2v) is 4.01. The van der Waals surface area contributed by atoms with Crippen LogP contribution in [0.3, 0.4) is 0 Å². The summed E-state index contributed by atoms with van der Waals surface area (Å²) in [5.41, 5.74) is 1.37. The predicted octanol–water partition coefficient (Wildman–Crippen LogP) is 1.20. The Morgan fingerprint density at radius 3 is 2.64 bits per heavy atom. The van der Waals surface area contributed by atoms with Gasteiger partial charge in [0.25, 0.3) is 0 Å². The molecule has 0 spiro atoms. The summed E-state index contributed by atoms with van der Waals surface area (Å²) < 4.78 is 0. The van der Waals surface area contributed by atoms with Gasteiger partial charge in [0.1, 0.15) is 0 Å². The summed E-state index contributed by atoms with van der Waals surface area (Å²) in [6.07, 6.45) is 2.02. The number of hydrogen-bond donors (Lipinski definition) is 2. The third-order valence-corrected chi connectivity index (χ3v) is 2.95. The molecular weight excluding hydrogens is 174 g/mol. The predicted molar refractivity (Wildman–Crippen MR) is 57.1 cm³/mol. The molecule has 0 saturated carbocycles. The summed E-state index contributed by atoms with van der Waals surface area (Å²) in [4.78, 5) is 0. The van der Waals surface area contributed by atoms with E-state index in [4.69, 9.17) is 0 Å². The molecule has 0 aromatic heterocycles. The monoisotopic (exact) mass is 191 g/mol. The smallest absolute Gasteiger partial charge is 0.0704 e. The van der Waals surface area contributed by atoms with Crippen molar-refractivity contribution < 1.29 is 5.11 Å². The Bertz CT molecular complexity index is 273. The summed E-state index contributed by atoms with van der Waals surface area (Å²) >= 11 is 0. The third-order valence-electron chi connectivity index (χ3n) is 2.95. The van der Waals surface area contributed by atoms with Gasteiger partial charge in [-0.1, -0.05) is 30.3 Å². The highest BCUT2D eigenvalue weighted by Gasteiger charge is 2.23. The average molecular weight is 191 g/mol. The van der Waals surface area contributed by atoms with Crippen LogP contribution in [0.25, 0.3) is 0 Å². The number of nitrogens with one attached hydrogen (secondary N) is 1. The molecule has 1 aliphatic heterocycles. The van der Waals surface area contributed by atoms with Gasteiger partial charge in [0, 0.05) is 13.1 Å². The van der Waals surface area contributed by atoms with Crippen LogP contribution in [-0.4, -0.2) is 24.3 Å². The molecule has 14 heavy (non-hydrogen) atoms. The summed E-state index contributed by atoms with van der Waals surface area (Å²) in [5, 5.41) is 12.8. The van der Waals surface area contributed by atoms with E-state index >= 15 is 0 Å². The van der Waals surface area contributed by atoms with Gasteiger partial charge in [0.15, 0.2) is 0 Å². The van der Waals surface area contributed by atoms with Crippen molar-refractivity contribution in [1.82, 2.24) is 5.32 Å². The molecule has 2 rings (SSSR count). The number of hydrogen-bond acceptors (Lipinski definition) is 2. The van der Waals surface area contributed by atoms with E-state index in [2.05, 4.69) is 29.6 Å². The van der Waals surface area contributed by atoms with Crippen LogP contribution in [0.5, 0.6) is 0 Å². The highest BCUT2D eigenvalue weighted by Crippen LogP contribution is 2.16. The van der Waals surface area contributed by atoms with Crippen molar-refractivity contribution in [3.05, 3.63) is 35.9 Å². The molecule has 1 aromatic carbocycles. The first-order valence-electron chi connectivity index (χ1n) is 5.29. The lowest BCUT2D eigenvalue weighted by Gasteiger charge is -2.12. The molecule has 0 radical (unpaired) electrons. The van der Waals surface area contributed by atoms with Crippen LogP contribution in [0, 0.1) is 5.92 Å². The quantitative estimate of drug-likeness (QED) is 0.752. The number of aliphatic hydroxyl groups is 1. The number of aryl methyl sites for hydroxylation is 1. The van der Waals surface area contributed by atoms with Crippen LogP contribution in [0.15, 0.2) is 30.3 Å². The topological polar surface area (TPSA) is 32.3 Å². The molecule has 0 aliphatic carbocycles. The number of rotatable bonds is 3. The lowest BCUT2D eigenvalue weighted by atomic mass is 9.97. The fraction of sp³-hybridized carbons (Fsp3) is 0.500. The standard InChI is InChI=1S/C12H17NO/c14-12-9-13-8-11(12)7-6-10-4-2-1-3-5-10/h1-5,11-14H,6-9H2/t11-,12+/m1/s1. The molecule has 1 fully saturated rings.